The van der Waals surface area contributed by atoms with Gasteiger partial charge in [-0.1, -0.05) is 18.2 Å². The molecule has 1 aliphatic heterocycles. The molecule has 0 spiro atoms. The molecule has 1 aromatic heterocycles. The zero-order chi connectivity index (χ0) is 21.2. The molecule has 2 atom stereocenters. The van der Waals surface area contributed by atoms with E-state index >= 15 is 0 Å². The van der Waals surface area contributed by atoms with Crippen LogP contribution in [0.15, 0.2) is 46.8 Å². The number of thiophene rings is 1. The molecule has 2 aromatic rings. The molecule has 0 amide bonds. The van der Waals surface area contributed by atoms with Gasteiger partial charge in [0.05, 0.1) is 32.4 Å². The number of morpholine rings is 1. The fourth-order valence-corrected chi connectivity index (χ4v) is 4.48. The molecule has 2 heterocycles. The first-order chi connectivity index (χ1) is 14.7. The highest BCUT2D eigenvalue weighted by atomic mass is 32.1. The van der Waals surface area contributed by atoms with Crippen LogP contribution in [0.2, 0.25) is 0 Å². The van der Waals surface area contributed by atoms with Crippen molar-refractivity contribution in [3.8, 4) is 5.75 Å². The molecule has 1 saturated heterocycles. The fourth-order valence-electron chi connectivity index (χ4n) is 3.63. The summed E-state index contributed by atoms with van der Waals surface area (Å²) in [5, 5.41) is 9.00. The average molecular weight is 431 g/mol. The predicted molar refractivity (Wildman–Crippen MR) is 125 cm³/mol. The average Bonchev–Trinajstić information content (AvgIpc) is 3.29. The standard InChI is InChI=1S/C23H34N4O2S/c1-4-24-23(25-12-11-19-7-9-20(28-3)10-8-19)26-16-21(22-6-5-15-30-22)27-13-14-29-18(2)17-27/h5-10,15,18,21H,4,11-14,16-17H2,1-3H3,(H2,24,25,26). The van der Waals surface area contributed by atoms with Crippen LogP contribution in [0.3, 0.4) is 0 Å². The number of nitrogens with zero attached hydrogens (tertiary/aromatic N) is 2. The fraction of sp³-hybridized carbons (Fsp3) is 0.522. The molecule has 0 radical (unpaired) electrons. The van der Waals surface area contributed by atoms with Gasteiger partial charge in [-0.25, -0.2) is 0 Å². The monoisotopic (exact) mass is 430 g/mol. The quantitative estimate of drug-likeness (QED) is 0.472. The van der Waals surface area contributed by atoms with E-state index in [1.54, 1.807) is 18.4 Å². The maximum atomic E-state index is 5.74. The maximum absolute atomic E-state index is 5.74. The van der Waals surface area contributed by atoms with E-state index in [9.17, 15) is 0 Å². The van der Waals surface area contributed by atoms with Gasteiger partial charge >= 0.3 is 0 Å². The lowest BCUT2D eigenvalue weighted by molar-refractivity contribution is -0.0327. The number of hydrogen-bond donors (Lipinski definition) is 2. The summed E-state index contributed by atoms with van der Waals surface area (Å²) >= 11 is 1.81. The second-order valence-corrected chi connectivity index (χ2v) is 8.43. The minimum absolute atomic E-state index is 0.265. The van der Waals surface area contributed by atoms with Crippen molar-refractivity contribution in [1.82, 2.24) is 15.5 Å². The van der Waals surface area contributed by atoms with Gasteiger partial charge < -0.3 is 20.1 Å². The Hall–Kier alpha value is -2.09. The summed E-state index contributed by atoms with van der Waals surface area (Å²) in [6.07, 6.45) is 1.20. The van der Waals surface area contributed by atoms with E-state index in [2.05, 4.69) is 59.0 Å². The van der Waals surface area contributed by atoms with Crippen LogP contribution in [0.25, 0.3) is 0 Å². The largest absolute Gasteiger partial charge is 0.497 e. The van der Waals surface area contributed by atoms with Crippen molar-refractivity contribution in [3.63, 3.8) is 0 Å². The van der Waals surface area contributed by atoms with Crippen LogP contribution in [0.1, 0.15) is 30.3 Å². The molecule has 1 aliphatic rings. The number of aliphatic imine (C=N–C) groups is 1. The molecule has 3 rings (SSSR count). The molecule has 1 aromatic carbocycles. The zero-order valence-electron chi connectivity index (χ0n) is 18.3. The topological polar surface area (TPSA) is 58.1 Å². The van der Waals surface area contributed by atoms with Gasteiger partial charge in [0, 0.05) is 31.1 Å². The van der Waals surface area contributed by atoms with E-state index in [1.807, 2.05) is 12.1 Å². The Labute approximate surface area is 184 Å². The third kappa shape index (κ3) is 6.72. The van der Waals surface area contributed by atoms with Gasteiger partial charge in [0.15, 0.2) is 5.96 Å². The molecular weight excluding hydrogens is 396 g/mol. The highest BCUT2D eigenvalue weighted by Gasteiger charge is 2.26. The van der Waals surface area contributed by atoms with Gasteiger partial charge in [0.25, 0.3) is 0 Å². The molecule has 7 heteroatoms. The third-order valence-corrected chi connectivity index (χ3v) is 6.19. The Balaban J connectivity index is 1.60. The predicted octanol–water partition coefficient (Wildman–Crippen LogP) is 3.32. The SMILES string of the molecule is CCNC(=NCC(c1cccs1)N1CCOC(C)C1)NCCc1ccc(OC)cc1. The molecule has 2 unspecified atom stereocenters. The highest BCUT2D eigenvalue weighted by molar-refractivity contribution is 7.10. The zero-order valence-corrected chi connectivity index (χ0v) is 19.1. The van der Waals surface area contributed by atoms with Crippen molar-refractivity contribution in [2.75, 3.05) is 46.4 Å². The summed E-state index contributed by atoms with van der Waals surface area (Å²) in [6, 6.07) is 12.9. The number of hydrogen-bond acceptors (Lipinski definition) is 5. The van der Waals surface area contributed by atoms with Crippen molar-refractivity contribution in [1.29, 1.82) is 0 Å². The summed E-state index contributed by atoms with van der Waals surface area (Å²) < 4.78 is 11.0. The molecule has 6 nitrogen and oxygen atoms in total. The Morgan fingerprint density at radius 3 is 2.80 bits per heavy atom. The Bertz CT molecular complexity index is 764. The van der Waals surface area contributed by atoms with E-state index in [1.165, 1.54) is 10.4 Å². The summed E-state index contributed by atoms with van der Waals surface area (Å²) in [4.78, 5) is 8.79. The second-order valence-electron chi connectivity index (χ2n) is 7.45. The van der Waals surface area contributed by atoms with Gasteiger partial charge in [-0.15, -0.1) is 11.3 Å². The second kappa shape index (κ2) is 11.9. The molecule has 2 N–H and O–H groups in total. The van der Waals surface area contributed by atoms with Crippen LogP contribution in [-0.4, -0.2) is 63.4 Å². The van der Waals surface area contributed by atoms with Crippen LogP contribution >= 0.6 is 11.3 Å². The summed E-state index contributed by atoms with van der Waals surface area (Å²) in [5.41, 5.74) is 1.28. The molecule has 30 heavy (non-hydrogen) atoms. The van der Waals surface area contributed by atoms with Gasteiger partial charge in [-0.3, -0.25) is 9.89 Å². The van der Waals surface area contributed by atoms with Crippen molar-refractivity contribution in [2.45, 2.75) is 32.4 Å². The summed E-state index contributed by atoms with van der Waals surface area (Å²) in [7, 11) is 1.69. The Morgan fingerprint density at radius 2 is 2.13 bits per heavy atom. The lowest BCUT2D eigenvalue weighted by atomic mass is 10.1. The number of guanidine groups is 1. The van der Waals surface area contributed by atoms with E-state index in [0.717, 1.165) is 57.5 Å². The first kappa shape index (κ1) is 22.6. The van der Waals surface area contributed by atoms with Gasteiger partial charge in [0.1, 0.15) is 5.75 Å². The van der Waals surface area contributed by atoms with Crippen LogP contribution < -0.4 is 15.4 Å². The minimum atomic E-state index is 0.265. The lowest BCUT2D eigenvalue weighted by Crippen LogP contribution is -2.44. The molecule has 0 bridgehead atoms. The summed E-state index contributed by atoms with van der Waals surface area (Å²) in [6.45, 7) is 9.32. The molecule has 0 aliphatic carbocycles. The Kier molecular flexibility index (Phi) is 8.99. The number of ether oxygens (including phenoxy) is 2. The van der Waals surface area contributed by atoms with Crippen molar-refractivity contribution in [3.05, 3.63) is 52.2 Å². The Morgan fingerprint density at radius 1 is 1.30 bits per heavy atom. The van der Waals surface area contributed by atoms with E-state index in [0.29, 0.717) is 0 Å². The van der Waals surface area contributed by atoms with Crippen LogP contribution in [-0.2, 0) is 11.2 Å². The first-order valence-corrected chi connectivity index (χ1v) is 11.6. The van der Waals surface area contributed by atoms with Gasteiger partial charge in [0.2, 0.25) is 0 Å². The van der Waals surface area contributed by atoms with Crippen molar-refractivity contribution >= 4 is 17.3 Å². The molecule has 1 fully saturated rings. The smallest absolute Gasteiger partial charge is 0.191 e. The van der Waals surface area contributed by atoms with Crippen LogP contribution in [0.4, 0.5) is 0 Å². The minimum Gasteiger partial charge on any atom is -0.497 e. The molecular formula is C23H34N4O2S. The van der Waals surface area contributed by atoms with Crippen LogP contribution in [0, 0.1) is 0 Å². The van der Waals surface area contributed by atoms with E-state index in [-0.39, 0.29) is 12.1 Å². The van der Waals surface area contributed by atoms with E-state index < -0.39 is 0 Å². The third-order valence-electron chi connectivity index (χ3n) is 5.22. The number of methoxy groups -OCH3 is 1. The molecule has 164 valence electrons. The molecule has 0 saturated carbocycles. The highest BCUT2D eigenvalue weighted by Crippen LogP contribution is 2.27. The van der Waals surface area contributed by atoms with Gasteiger partial charge in [-0.2, -0.15) is 0 Å². The first-order valence-electron chi connectivity index (χ1n) is 10.7. The number of nitrogens with one attached hydrogen (secondary N) is 2. The normalized spacial score (nSPS) is 18.8. The maximum Gasteiger partial charge on any atom is 0.191 e. The summed E-state index contributed by atoms with van der Waals surface area (Å²) in [5.74, 6) is 1.76. The van der Waals surface area contributed by atoms with Crippen LogP contribution in [0.5, 0.6) is 5.75 Å². The van der Waals surface area contributed by atoms with Crippen molar-refractivity contribution < 1.29 is 9.47 Å². The van der Waals surface area contributed by atoms with E-state index in [4.69, 9.17) is 14.5 Å². The van der Waals surface area contributed by atoms with Gasteiger partial charge in [-0.05, 0) is 49.4 Å². The van der Waals surface area contributed by atoms with Crippen molar-refractivity contribution in [2.24, 2.45) is 4.99 Å². The lowest BCUT2D eigenvalue weighted by Gasteiger charge is -2.36. The number of benzene rings is 1. The number of rotatable bonds is 9.